The van der Waals surface area contributed by atoms with Gasteiger partial charge in [-0.15, -0.1) is 0 Å². The van der Waals surface area contributed by atoms with Crippen LogP contribution in [0.2, 0.25) is 0 Å². The van der Waals surface area contributed by atoms with Crippen molar-refractivity contribution in [2.75, 3.05) is 27.3 Å². The zero-order valence-corrected chi connectivity index (χ0v) is 12.5. The zero-order chi connectivity index (χ0) is 14.8. The standard InChI is InChI=1S/C13H20N2O4S/c1-18-11-5-6-13(12(8-11)19-2)20(16,17)15-7-3-4-10(15)9-14/h5-6,8,10H,3-4,7,9,14H2,1-2H3. The molecule has 0 saturated carbocycles. The van der Waals surface area contributed by atoms with Gasteiger partial charge in [-0.25, -0.2) is 8.42 Å². The fourth-order valence-electron chi connectivity index (χ4n) is 2.48. The van der Waals surface area contributed by atoms with Crippen LogP contribution in [0.25, 0.3) is 0 Å². The van der Waals surface area contributed by atoms with Crippen molar-refractivity contribution < 1.29 is 17.9 Å². The van der Waals surface area contributed by atoms with E-state index in [2.05, 4.69) is 0 Å². The quantitative estimate of drug-likeness (QED) is 0.870. The number of hydrogen-bond acceptors (Lipinski definition) is 5. The van der Waals surface area contributed by atoms with Crippen LogP contribution in [0.3, 0.4) is 0 Å². The smallest absolute Gasteiger partial charge is 0.247 e. The predicted octanol–water partition coefficient (Wildman–Crippen LogP) is 0.816. The monoisotopic (exact) mass is 300 g/mol. The van der Waals surface area contributed by atoms with Crippen molar-refractivity contribution in [3.05, 3.63) is 18.2 Å². The Morgan fingerprint density at radius 3 is 2.70 bits per heavy atom. The Labute approximate surface area is 119 Å². The molecule has 1 aromatic rings. The zero-order valence-electron chi connectivity index (χ0n) is 11.7. The summed E-state index contributed by atoms with van der Waals surface area (Å²) in [6.07, 6.45) is 1.63. The van der Waals surface area contributed by atoms with E-state index in [1.807, 2.05) is 0 Å². The Hall–Kier alpha value is -1.31. The third-order valence-corrected chi connectivity index (χ3v) is 5.54. The molecule has 0 aromatic heterocycles. The molecule has 0 bridgehead atoms. The second kappa shape index (κ2) is 5.99. The maximum absolute atomic E-state index is 12.7. The molecular formula is C13H20N2O4S. The van der Waals surface area contributed by atoms with Crippen molar-refractivity contribution in [3.63, 3.8) is 0 Å². The molecule has 1 aliphatic heterocycles. The van der Waals surface area contributed by atoms with Gasteiger partial charge >= 0.3 is 0 Å². The minimum Gasteiger partial charge on any atom is -0.497 e. The molecule has 0 aliphatic carbocycles. The van der Waals surface area contributed by atoms with Gasteiger partial charge in [0.2, 0.25) is 10.0 Å². The first-order valence-corrected chi connectivity index (χ1v) is 7.92. The first-order chi connectivity index (χ1) is 9.54. The number of hydrogen-bond donors (Lipinski definition) is 1. The molecule has 2 N–H and O–H groups in total. The Morgan fingerprint density at radius 1 is 1.35 bits per heavy atom. The van der Waals surface area contributed by atoms with Crippen LogP contribution < -0.4 is 15.2 Å². The summed E-state index contributed by atoms with van der Waals surface area (Å²) in [5.41, 5.74) is 5.66. The molecule has 1 aliphatic rings. The van der Waals surface area contributed by atoms with Crippen LogP contribution in [-0.4, -0.2) is 46.1 Å². The molecule has 1 heterocycles. The first kappa shape index (κ1) is 15.1. The van der Waals surface area contributed by atoms with Gasteiger partial charge in [0.05, 0.1) is 14.2 Å². The lowest BCUT2D eigenvalue weighted by atomic mass is 10.2. The van der Waals surface area contributed by atoms with Crippen molar-refractivity contribution in [3.8, 4) is 11.5 Å². The molecule has 1 saturated heterocycles. The summed E-state index contributed by atoms with van der Waals surface area (Å²) in [4.78, 5) is 0.154. The molecule has 6 nitrogen and oxygen atoms in total. The van der Waals surface area contributed by atoms with Crippen LogP contribution in [0.1, 0.15) is 12.8 Å². The van der Waals surface area contributed by atoms with Crippen LogP contribution in [0, 0.1) is 0 Å². The Morgan fingerprint density at radius 2 is 2.10 bits per heavy atom. The molecule has 2 rings (SSSR count). The van der Waals surface area contributed by atoms with E-state index in [0.29, 0.717) is 18.8 Å². The lowest BCUT2D eigenvalue weighted by Crippen LogP contribution is -2.39. The number of rotatable bonds is 5. The van der Waals surface area contributed by atoms with E-state index >= 15 is 0 Å². The minimum absolute atomic E-state index is 0.133. The molecule has 20 heavy (non-hydrogen) atoms. The summed E-state index contributed by atoms with van der Waals surface area (Å²) < 4.78 is 37.2. The topological polar surface area (TPSA) is 81.9 Å². The molecule has 0 amide bonds. The summed E-state index contributed by atoms with van der Waals surface area (Å²) in [5.74, 6) is 0.838. The summed E-state index contributed by atoms with van der Waals surface area (Å²) in [7, 11) is -0.631. The fourth-order valence-corrected chi connectivity index (χ4v) is 4.32. The van der Waals surface area contributed by atoms with Gasteiger partial charge < -0.3 is 15.2 Å². The summed E-state index contributed by atoms with van der Waals surface area (Å²) in [5, 5.41) is 0. The highest BCUT2D eigenvalue weighted by Crippen LogP contribution is 2.33. The maximum Gasteiger partial charge on any atom is 0.247 e. The summed E-state index contributed by atoms with van der Waals surface area (Å²) in [6, 6.07) is 4.56. The van der Waals surface area contributed by atoms with E-state index in [0.717, 1.165) is 12.8 Å². The second-order valence-electron chi connectivity index (χ2n) is 4.66. The molecule has 1 atom stereocenters. The van der Waals surface area contributed by atoms with Gasteiger partial charge in [-0.1, -0.05) is 0 Å². The third-order valence-electron chi connectivity index (χ3n) is 3.55. The molecule has 112 valence electrons. The largest absolute Gasteiger partial charge is 0.497 e. The van der Waals surface area contributed by atoms with E-state index in [9.17, 15) is 8.42 Å². The average molecular weight is 300 g/mol. The number of nitrogens with two attached hydrogens (primary N) is 1. The van der Waals surface area contributed by atoms with Crippen LogP contribution in [0.4, 0.5) is 0 Å². The van der Waals surface area contributed by atoms with Crippen LogP contribution in [0.15, 0.2) is 23.1 Å². The lowest BCUT2D eigenvalue weighted by molar-refractivity contribution is 0.373. The molecule has 0 radical (unpaired) electrons. The van der Waals surface area contributed by atoms with Gasteiger partial charge in [0.1, 0.15) is 16.4 Å². The molecule has 1 unspecified atom stereocenters. The third kappa shape index (κ3) is 2.61. The second-order valence-corrected chi connectivity index (χ2v) is 6.52. The van der Waals surface area contributed by atoms with E-state index in [4.69, 9.17) is 15.2 Å². The highest BCUT2D eigenvalue weighted by atomic mass is 32.2. The van der Waals surface area contributed by atoms with Gasteiger partial charge in [0.15, 0.2) is 0 Å². The highest BCUT2D eigenvalue weighted by molar-refractivity contribution is 7.89. The first-order valence-electron chi connectivity index (χ1n) is 6.48. The molecule has 1 fully saturated rings. The Kier molecular flexibility index (Phi) is 4.52. The number of methoxy groups -OCH3 is 2. The normalized spacial score (nSPS) is 20.1. The number of ether oxygens (including phenoxy) is 2. The predicted molar refractivity (Wildman–Crippen MR) is 75.5 cm³/mol. The minimum atomic E-state index is -3.59. The molecule has 1 aromatic carbocycles. The lowest BCUT2D eigenvalue weighted by Gasteiger charge is -2.23. The van der Waals surface area contributed by atoms with Crippen molar-refractivity contribution >= 4 is 10.0 Å². The Bertz CT molecular complexity index is 574. The number of nitrogens with zero attached hydrogens (tertiary/aromatic N) is 1. The van der Waals surface area contributed by atoms with E-state index in [-0.39, 0.29) is 16.7 Å². The fraction of sp³-hybridized carbons (Fsp3) is 0.538. The van der Waals surface area contributed by atoms with Gasteiger partial charge in [-0.3, -0.25) is 0 Å². The molecule has 0 spiro atoms. The van der Waals surface area contributed by atoms with E-state index in [1.165, 1.54) is 24.6 Å². The molecule has 7 heteroatoms. The highest BCUT2D eigenvalue weighted by Gasteiger charge is 2.36. The van der Waals surface area contributed by atoms with Gasteiger partial charge in [0.25, 0.3) is 0 Å². The van der Waals surface area contributed by atoms with Crippen LogP contribution >= 0.6 is 0 Å². The van der Waals surface area contributed by atoms with Gasteiger partial charge in [-0.2, -0.15) is 4.31 Å². The van der Waals surface area contributed by atoms with E-state index < -0.39 is 10.0 Å². The Balaban J connectivity index is 2.43. The van der Waals surface area contributed by atoms with Crippen LogP contribution in [0.5, 0.6) is 11.5 Å². The maximum atomic E-state index is 12.7. The van der Waals surface area contributed by atoms with Crippen molar-refractivity contribution in [1.82, 2.24) is 4.31 Å². The summed E-state index contributed by atoms with van der Waals surface area (Å²) >= 11 is 0. The van der Waals surface area contributed by atoms with Crippen molar-refractivity contribution in [2.45, 2.75) is 23.8 Å². The van der Waals surface area contributed by atoms with Crippen molar-refractivity contribution in [1.29, 1.82) is 0 Å². The van der Waals surface area contributed by atoms with Gasteiger partial charge in [-0.05, 0) is 25.0 Å². The van der Waals surface area contributed by atoms with Gasteiger partial charge in [0, 0.05) is 25.2 Å². The summed E-state index contributed by atoms with van der Waals surface area (Å²) in [6.45, 7) is 0.830. The van der Waals surface area contributed by atoms with E-state index in [1.54, 1.807) is 12.1 Å². The number of sulfonamides is 1. The molecular weight excluding hydrogens is 280 g/mol. The number of benzene rings is 1. The SMILES string of the molecule is COc1ccc(S(=O)(=O)N2CCCC2CN)c(OC)c1. The average Bonchev–Trinajstić information content (AvgIpc) is 2.95. The van der Waals surface area contributed by atoms with Crippen molar-refractivity contribution in [2.24, 2.45) is 5.73 Å². The van der Waals surface area contributed by atoms with Crippen LogP contribution in [-0.2, 0) is 10.0 Å².